The summed E-state index contributed by atoms with van der Waals surface area (Å²) in [5.74, 6) is 0.734. The number of hydrogen-bond acceptors (Lipinski definition) is 6. The fourth-order valence-corrected chi connectivity index (χ4v) is 2.85. The highest BCUT2D eigenvalue weighted by Crippen LogP contribution is 2.21. The van der Waals surface area contributed by atoms with Gasteiger partial charge in [-0.25, -0.2) is 0 Å². The number of aryl methyl sites for hydroxylation is 2. The van der Waals surface area contributed by atoms with Crippen LogP contribution in [0.25, 0.3) is 10.9 Å². The van der Waals surface area contributed by atoms with Crippen LogP contribution in [0.2, 0.25) is 0 Å². The zero-order valence-electron chi connectivity index (χ0n) is 16.6. The fourth-order valence-electron chi connectivity index (χ4n) is 2.85. The summed E-state index contributed by atoms with van der Waals surface area (Å²) in [6.45, 7) is 8.11. The molecule has 3 rings (SSSR count). The fraction of sp³-hybridized carbons (Fsp3) is 0.400. The number of hydrogen-bond donors (Lipinski definition) is 1. The number of benzene rings is 1. The van der Waals surface area contributed by atoms with Crippen LogP contribution in [0, 0.1) is 13.8 Å². The molecule has 0 aliphatic heterocycles. The van der Waals surface area contributed by atoms with E-state index in [-0.39, 0.29) is 5.91 Å². The van der Waals surface area contributed by atoms with E-state index in [0.717, 1.165) is 16.5 Å². The van der Waals surface area contributed by atoms with Gasteiger partial charge in [0.2, 0.25) is 5.89 Å². The van der Waals surface area contributed by atoms with Crippen molar-refractivity contribution in [2.75, 3.05) is 14.1 Å². The van der Waals surface area contributed by atoms with Crippen molar-refractivity contribution < 1.29 is 9.32 Å². The van der Waals surface area contributed by atoms with Crippen molar-refractivity contribution in [3.05, 3.63) is 52.8 Å². The van der Waals surface area contributed by atoms with Gasteiger partial charge in [-0.2, -0.15) is 4.98 Å². The molecule has 0 saturated carbocycles. The number of fused-ring (bicyclic) bond motifs is 1. The number of pyridine rings is 1. The average molecular weight is 367 g/mol. The Balaban J connectivity index is 1.85. The Morgan fingerprint density at radius 3 is 2.63 bits per heavy atom. The van der Waals surface area contributed by atoms with E-state index in [1.165, 1.54) is 0 Å². The van der Waals surface area contributed by atoms with Gasteiger partial charge in [0.25, 0.3) is 5.91 Å². The molecule has 0 radical (unpaired) electrons. The van der Waals surface area contributed by atoms with E-state index in [1.807, 2.05) is 71.0 Å². The lowest BCUT2D eigenvalue weighted by molar-refractivity contribution is 0.0906. The summed E-state index contributed by atoms with van der Waals surface area (Å²) < 4.78 is 5.28. The van der Waals surface area contributed by atoms with E-state index in [2.05, 4.69) is 20.4 Å². The van der Waals surface area contributed by atoms with Gasteiger partial charge in [-0.1, -0.05) is 17.3 Å². The molecule has 0 saturated heterocycles. The predicted molar refractivity (Wildman–Crippen MR) is 103 cm³/mol. The van der Waals surface area contributed by atoms with Crippen molar-refractivity contribution in [2.24, 2.45) is 0 Å². The predicted octanol–water partition coefficient (Wildman–Crippen LogP) is 2.96. The van der Waals surface area contributed by atoms with E-state index in [9.17, 15) is 4.79 Å². The molecule has 7 heteroatoms. The molecule has 0 aliphatic carbocycles. The van der Waals surface area contributed by atoms with E-state index in [0.29, 0.717) is 29.5 Å². The van der Waals surface area contributed by atoms with Crippen LogP contribution in [-0.4, -0.2) is 40.0 Å². The van der Waals surface area contributed by atoms with E-state index < -0.39 is 5.54 Å². The molecule has 1 aromatic carbocycles. The standard InChI is InChI=1S/C20H25N5O2/c1-12-7-8-14-10-15(13(2)21-16(14)9-12)18(26)23-20(3,4)19-22-17(27-24-19)11-25(5)6/h7-10H,11H2,1-6H3,(H,23,26). The quantitative estimate of drug-likeness (QED) is 0.746. The van der Waals surface area contributed by atoms with Crippen molar-refractivity contribution in [1.82, 2.24) is 25.3 Å². The first-order valence-corrected chi connectivity index (χ1v) is 8.84. The lowest BCUT2D eigenvalue weighted by Crippen LogP contribution is -2.42. The summed E-state index contributed by atoms with van der Waals surface area (Å²) >= 11 is 0. The normalized spacial score (nSPS) is 12.0. The maximum Gasteiger partial charge on any atom is 0.253 e. The maximum absolute atomic E-state index is 12.9. The second-order valence-corrected chi connectivity index (χ2v) is 7.65. The van der Waals surface area contributed by atoms with Crippen LogP contribution in [-0.2, 0) is 12.1 Å². The number of nitrogens with zero attached hydrogens (tertiary/aromatic N) is 4. The average Bonchev–Trinajstić information content (AvgIpc) is 3.02. The second kappa shape index (κ2) is 7.08. The molecule has 142 valence electrons. The topological polar surface area (TPSA) is 84.2 Å². The summed E-state index contributed by atoms with van der Waals surface area (Å²) in [6, 6.07) is 7.87. The maximum atomic E-state index is 12.9. The Labute approximate surface area is 158 Å². The molecule has 0 unspecified atom stereocenters. The van der Waals surface area contributed by atoms with Crippen molar-refractivity contribution in [3.8, 4) is 0 Å². The third kappa shape index (κ3) is 4.14. The van der Waals surface area contributed by atoms with Crippen LogP contribution in [0.1, 0.15) is 47.2 Å². The van der Waals surface area contributed by atoms with Crippen LogP contribution in [0.15, 0.2) is 28.8 Å². The minimum Gasteiger partial charge on any atom is -0.340 e. The zero-order chi connectivity index (χ0) is 19.8. The van der Waals surface area contributed by atoms with Crippen LogP contribution < -0.4 is 5.32 Å². The summed E-state index contributed by atoms with van der Waals surface area (Å²) in [6.07, 6.45) is 0. The van der Waals surface area contributed by atoms with Crippen molar-refractivity contribution >= 4 is 16.8 Å². The van der Waals surface area contributed by atoms with Gasteiger partial charge in [0.05, 0.1) is 28.9 Å². The molecule has 7 nitrogen and oxygen atoms in total. The van der Waals surface area contributed by atoms with Crippen molar-refractivity contribution in [1.29, 1.82) is 0 Å². The van der Waals surface area contributed by atoms with Crippen LogP contribution in [0.4, 0.5) is 0 Å². The molecular weight excluding hydrogens is 342 g/mol. The number of nitrogens with one attached hydrogen (secondary N) is 1. The van der Waals surface area contributed by atoms with E-state index in [1.54, 1.807) is 0 Å². The van der Waals surface area contributed by atoms with Crippen LogP contribution >= 0.6 is 0 Å². The minimum absolute atomic E-state index is 0.216. The largest absolute Gasteiger partial charge is 0.340 e. The second-order valence-electron chi connectivity index (χ2n) is 7.65. The SMILES string of the molecule is Cc1ccc2cc(C(=O)NC(C)(C)c3noc(CN(C)C)n3)c(C)nc2c1. The molecule has 0 fully saturated rings. The molecule has 2 heterocycles. The highest BCUT2D eigenvalue weighted by atomic mass is 16.5. The van der Waals surface area contributed by atoms with Gasteiger partial charge in [-0.05, 0) is 59.5 Å². The van der Waals surface area contributed by atoms with Crippen LogP contribution in [0.3, 0.4) is 0 Å². The summed E-state index contributed by atoms with van der Waals surface area (Å²) in [5.41, 5.74) is 2.47. The molecule has 0 atom stereocenters. The summed E-state index contributed by atoms with van der Waals surface area (Å²) in [7, 11) is 3.85. The van der Waals surface area contributed by atoms with E-state index in [4.69, 9.17) is 4.52 Å². The molecule has 0 spiro atoms. The molecule has 1 amide bonds. The zero-order valence-corrected chi connectivity index (χ0v) is 16.6. The Bertz CT molecular complexity index is 991. The first-order valence-electron chi connectivity index (χ1n) is 8.84. The Morgan fingerprint density at radius 2 is 1.93 bits per heavy atom. The Morgan fingerprint density at radius 1 is 1.19 bits per heavy atom. The monoisotopic (exact) mass is 367 g/mol. The molecule has 27 heavy (non-hydrogen) atoms. The van der Waals surface area contributed by atoms with Gasteiger partial charge in [-0.3, -0.25) is 9.78 Å². The minimum atomic E-state index is -0.778. The van der Waals surface area contributed by atoms with Gasteiger partial charge in [0, 0.05) is 5.39 Å². The number of amides is 1. The van der Waals surface area contributed by atoms with Gasteiger partial charge >= 0.3 is 0 Å². The molecule has 0 aliphatic rings. The Hall–Kier alpha value is -2.80. The molecule has 0 bridgehead atoms. The number of carbonyl (C=O) groups is 1. The molecule has 1 N–H and O–H groups in total. The lowest BCUT2D eigenvalue weighted by atomic mass is 10.0. The van der Waals surface area contributed by atoms with Crippen LogP contribution in [0.5, 0.6) is 0 Å². The number of carbonyl (C=O) groups excluding carboxylic acids is 1. The molecular formula is C20H25N5O2. The first-order chi connectivity index (χ1) is 12.7. The van der Waals surface area contributed by atoms with Gasteiger partial charge in [0.1, 0.15) is 0 Å². The third-order valence-corrected chi connectivity index (χ3v) is 4.31. The first kappa shape index (κ1) is 19.0. The van der Waals surface area contributed by atoms with Crippen molar-refractivity contribution in [3.63, 3.8) is 0 Å². The van der Waals surface area contributed by atoms with Gasteiger partial charge in [0.15, 0.2) is 5.82 Å². The smallest absolute Gasteiger partial charge is 0.253 e. The highest BCUT2D eigenvalue weighted by Gasteiger charge is 2.30. The molecule has 2 aromatic heterocycles. The Kier molecular flexibility index (Phi) is 4.97. The third-order valence-electron chi connectivity index (χ3n) is 4.31. The van der Waals surface area contributed by atoms with Gasteiger partial charge in [-0.15, -0.1) is 0 Å². The van der Waals surface area contributed by atoms with E-state index >= 15 is 0 Å². The summed E-state index contributed by atoms with van der Waals surface area (Å²) in [4.78, 5) is 23.8. The summed E-state index contributed by atoms with van der Waals surface area (Å²) in [5, 5.41) is 7.95. The number of rotatable bonds is 5. The molecule has 3 aromatic rings. The highest BCUT2D eigenvalue weighted by molar-refractivity contribution is 5.99. The van der Waals surface area contributed by atoms with Crippen molar-refractivity contribution in [2.45, 2.75) is 39.8 Å². The lowest BCUT2D eigenvalue weighted by Gasteiger charge is -2.23. The van der Waals surface area contributed by atoms with Gasteiger partial charge < -0.3 is 14.7 Å². The number of aromatic nitrogens is 3.